The van der Waals surface area contributed by atoms with Gasteiger partial charge in [-0.1, -0.05) is 12.1 Å². The first-order valence-corrected chi connectivity index (χ1v) is 9.28. The molecule has 28 heavy (non-hydrogen) atoms. The zero-order valence-electron chi connectivity index (χ0n) is 16.1. The minimum atomic E-state index is -0.106. The molecule has 0 N–H and O–H groups in total. The van der Waals surface area contributed by atoms with Crippen molar-refractivity contribution in [1.82, 2.24) is 4.90 Å². The molecule has 4 rings (SSSR count). The Kier molecular flexibility index (Phi) is 5.32. The van der Waals surface area contributed by atoms with Gasteiger partial charge in [0, 0.05) is 26.8 Å². The van der Waals surface area contributed by atoms with Gasteiger partial charge in [0.25, 0.3) is 0 Å². The number of nitrogens with zero attached hydrogens (tertiary/aromatic N) is 1. The molecular formula is C22H23NO5. The highest BCUT2D eigenvalue weighted by Crippen LogP contribution is 2.42. The lowest BCUT2D eigenvalue weighted by molar-refractivity contribution is 0.0823. The van der Waals surface area contributed by atoms with E-state index in [1.54, 1.807) is 26.4 Å². The Balaban J connectivity index is 1.57. The molecule has 0 fully saturated rings. The van der Waals surface area contributed by atoms with Crippen molar-refractivity contribution < 1.29 is 23.7 Å². The van der Waals surface area contributed by atoms with Crippen LogP contribution in [0.5, 0.6) is 17.2 Å². The number of hydrogen-bond donors (Lipinski definition) is 0. The molecule has 2 aliphatic heterocycles. The molecule has 0 saturated carbocycles. The first kappa shape index (κ1) is 18.5. The Hall–Kier alpha value is -2.83. The molecule has 0 bridgehead atoms. The van der Waals surface area contributed by atoms with Crippen molar-refractivity contribution in [2.75, 3.05) is 34.1 Å². The van der Waals surface area contributed by atoms with E-state index in [-0.39, 0.29) is 5.78 Å². The molecule has 0 unspecified atom stereocenters. The summed E-state index contributed by atoms with van der Waals surface area (Å²) in [5.41, 5.74) is 2.39. The number of Topliss-reactive ketones (excluding diaryl/α,β-unsaturated/α-hetero) is 1. The third kappa shape index (κ3) is 3.61. The largest absolute Gasteiger partial charge is 0.497 e. The van der Waals surface area contributed by atoms with Crippen LogP contribution in [0.25, 0.3) is 6.08 Å². The summed E-state index contributed by atoms with van der Waals surface area (Å²) in [5, 5.41) is 0. The van der Waals surface area contributed by atoms with E-state index in [2.05, 4.69) is 4.90 Å². The van der Waals surface area contributed by atoms with Crippen molar-refractivity contribution in [2.24, 2.45) is 0 Å². The lowest BCUT2D eigenvalue weighted by Crippen LogP contribution is -2.33. The maximum absolute atomic E-state index is 12.8. The van der Waals surface area contributed by atoms with Crippen LogP contribution in [0.2, 0.25) is 0 Å². The molecule has 0 aliphatic carbocycles. The van der Waals surface area contributed by atoms with E-state index in [0.29, 0.717) is 37.0 Å². The highest BCUT2D eigenvalue weighted by atomic mass is 16.5. The fourth-order valence-corrected chi connectivity index (χ4v) is 3.43. The monoisotopic (exact) mass is 381 g/mol. The molecule has 0 radical (unpaired) electrons. The predicted octanol–water partition coefficient (Wildman–Crippen LogP) is 3.50. The quantitative estimate of drug-likeness (QED) is 0.564. The summed E-state index contributed by atoms with van der Waals surface area (Å²) in [5.74, 6) is 2.37. The van der Waals surface area contributed by atoms with E-state index in [0.717, 1.165) is 35.6 Å². The predicted molar refractivity (Wildman–Crippen MR) is 105 cm³/mol. The molecule has 0 spiro atoms. The second kappa shape index (κ2) is 8.04. The van der Waals surface area contributed by atoms with E-state index in [4.69, 9.17) is 18.9 Å². The molecule has 2 aromatic rings. The van der Waals surface area contributed by atoms with Gasteiger partial charge in [0.05, 0.1) is 18.2 Å². The number of methoxy groups -OCH3 is 2. The Morgan fingerprint density at radius 1 is 1.14 bits per heavy atom. The Morgan fingerprint density at radius 2 is 1.96 bits per heavy atom. The maximum atomic E-state index is 12.8. The van der Waals surface area contributed by atoms with Crippen molar-refractivity contribution in [1.29, 1.82) is 0 Å². The summed E-state index contributed by atoms with van der Waals surface area (Å²) in [4.78, 5) is 15.0. The third-order valence-electron chi connectivity index (χ3n) is 4.92. The lowest BCUT2D eigenvalue weighted by atomic mass is 10.0. The number of fused-ring (bicyclic) bond motifs is 3. The summed E-state index contributed by atoms with van der Waals surface area (Å²) >= 11 is 0. The number of rotatable bonds is 6. The van der Waals surface area contributed by atoms with E-state index >= 15 is 0 Å². The Morgan fingerprint density at radius 3 is 2.71 bits per heavy atom. The average Bonchev–Trinajstić information content (AvgIpc) is 3.05. The van der Waals surface area contributed by atoms with Gasteiger partial charge >= 0.3 is 0 Å². The fraction of sp³-hybridized carbons (Fsp3) is 0.318. The summed E-state index contributed by atoms with van der Waals surface area (Å²) in [6, 6.07) is 11.1. The van der Waals surface area contributed by atoms with Crippen LogP contribution in [0, 0.1) is 0 Å². The van der Waals surface area contributed by atoms with Gasteiger partial charge in [0.15, 0.2) is 5.76 Å². The standard InChI is InChI=1S/C22H23NO5/c1-25-11-3-10-23-13-18-19(27-14-23)9-8-17-21(24)20(28-22(17)18)12-15-4-6-16(26-2)7-5-15/h4-9,12H,3,10-11,13-14H2,1-2H3/b20-12-. The van der Waals surface area contributed by atoms with Crippen LogP contribution in [-0.4, -0.2) is 44.8 Å². The van der Waals surface area contributed by atoms with Gasteiger partial charge in [-0.05, 0) is 42.3 Å². The van der Waals surface area contributed by atoms with E-state index in [9.17, 15) is 4.79 Å². The Bertz CT molecular complexity index is 904. The van der Waals surface area contributed by atoms with Gasteiger partial charge in [0.1, 0.15) is 24.0 Å². The van der Waals surface area contributed by atoms with Gasteiger partial charge in [-0.2, -0.15) is 0 Å². The fourth-order valence-electron chi connectivity index (χ4n) is 3.43. The lowest BCUT2D eigenvalue weighted by Gasteiger charge is -2.29. The number of benzene rings is 2. The van der Waals surface area contributed by atoms with Crippen LogP contribution in [0.4, 0.5) is 0 Å². The zero-order valence-corrected chi connectivity index (χ0v) is 16.1. The van der Waals surface area contributed by atoms with Crippen LogP contribution in [-0.2, 0) is 11.3 Å². The van der Waals surface area contributed by atoms with Crippen molar-refractivity contribution >= 4 is 11.9 Å². The number of ether oxygens (including phenoxy) is 4. The van der Waals surface area contributed by atoms with Crippen molar-refractivity contribution in [2.45, 2.75) is 13.0 Å². The minimum Gasteiger partial charge on any atom is -0.497 e. The molecule has 146 valence electrons. The molecule has 0 aromatic heterocycles. The molecule has 2 aliphatic rings. The summed E-state index contributed by atoms with van der Waals surface area (Å²) < 4.78 is 22.2. The third-order valence-corrected chi connectivity index (χ3v) is 4.92. The SMILES string of the molecule is COCCCN1COc2ccc3c(c2C1)O/C(=C\c1ccc(OC)cc1)C3=O. The number of ketones is 1. The molecule has 6 heteroatoms. The smallest absolute Gasteiger partial charge is 0.231 e. The summed E-state index contributed by atoms with van der Waals surface area (Å²) in [6.07, 6.45) is 2.68. The van der Waals surface area contributed by atoms with E-state index in [1.165, 1.54) is 0 Å². The Labute approximate surface area is 164 Å². The molecule has 0 atom stereocenters. The minimum absolute atomic E-state index is 0.106. The van der Waals surface area contributed by atoms with Gasteiger partial charge < -0.3 is 18.9 Å². The van der Waals surface area contributed by atoms with E-state index < -0.39 is 0 Å². The van der Waals surface area contributed by atoms with Gasteiger partial charge in [-0.15, -0.1) is 0 Å². The second-order valence-corrected chi connectivity index (χ2v) is 6.80. The first-order chi connectivity index (χ1) is 13.7. The van der Waals surface area contributed by atoms with Crippen molar-refractivity contribution in [3.8, 4) is 17.2 Å². The molecular weight excluding hydrogens is 358 g/mol. The highest BCUT2D eigenvalue weighted by Gasteiger charge is 2.33. The number of carbonyl (C=O) groups excluding carboxylic acids is 1. The molecule has 2 heterocycles. The average molecular weight is 381 g/mol. The van der Waals surface area contributed by atoms with Crippen LogP contribution >= 0.6 is 0 Å². The first-order valence-electron chi connectivity index (χ1n) is 9.28. The van der Waals surface area contributed by atoms with Gasteiger partial charge in [-0.3, -0.25) is 9.69 Å². The molecule has 2 aromatic carbocycles. The number of hydrogen-bond acceptors (Lipinski definition) is 6. The van der Waals surface area contributed by atoms with E-state index in [1.807, 2.05) is 30.3 Å². The van der Waals surface area contributed by atoms with Crippen molar-refractivity contribution in [3.05, 3.63) is 58.8 Å². The molecule has 0 amide bonds. The highest BCUT2D eigenvalue weighted by molar-refractivity contribution is 6.15. The topological polar surface area (TPSA) is 57.2 Å². The van der Waals surface area contributed by atoms with Crippen LogP contribution in [0.15, 0.2) is 42.2 Å². The molecule has 0 saturated heterocycles. The van der Waals surface area contributed by atoms with Crippen molar-refractivity contribution in [3.63, 3.8) is 0 Å². The molecule has 6 nitrogen and oxygen atoms in total. The summed E-state index contributed by atoms with van der Waals surface area (Å²) in [7, 11) is 3.32. The number of allylic oxidation sites excluding steroid dienone is 1. The second-order valence-electron chi connectivity index (χ2n) is 6.80. The van der Waals surface area contributed by atoms with Crippen LogP contribution in [0.3, 0.4) is 0 Å². The van der Waals surface area contributed by atoms with Crippen LogP contribution in [0.1, 0.15) is 27.9 Å². The maximum Gasteiger partial charge on any atom is 0.231 e. The zero-order chi connectivity index (χ0) is 19.5. The van der Waals surface area contributed by atoms with Gasteiger partial charge in [-0.25, -0.2) is 0 Å². The van der Waals surface area contributed by atoms with Crippen LogP contribution < -0.4 is 14.2 Å². The summed E-state index contributed by atoms with van der Waals surface area (Å²) in [6.45, 7) is 2.78. The van der Waals surface area contributed by atoms with Gasteiger partial charge in [0.2, 0.25) is 5.78 Å². The number of carbonyl (C=O) groups is 1. The normalized spacial score (nSPS) is 17.1.